The van der Waals surface area contributed by atoms with E-state index in [2.05, 4.69) is 35.9 Å². The predicted octanol–water partition coefficient (Wildman–Crippen LogP) is 3.31. The number of likely N-dealkylation sites (tertiary alicyclic amines) is 1. The lowest BCUT2D eigenvalue weighted by atomic mass is 9.57. The van der Waals surface area contributed by atoms with Gasteiger partial charge in [0.1, 0.15) is 5.54 Å². The van der Waals surface area contributed by atoms with E-state index in [1.807, 2.05) is 48.5 Å². The van der Waals surface area contributed by atoms with Gasteiger partial charge >= 0.3 is 0 Å². The van der Waals surface area contributed by atoms with Crippen molar-refractivity contribution in [2.75, 3.05) is 6.54 Å². The summed E-state index contributed by atoms with van der Waals surface area (Å²) in [5.74, 6) is -0.581. The highest BCUT2D eigenvalue weighted by molar-refractivity contribution is 5.94. The summed E-state index contributed by atoms with van der Waals surface area (Å²) >= 11 is 0. The Hall–Kier alpha value is -3.54. The highest BCUT2D eigenvalue weighted by Crippen LogP contribution is 2.54. The number of amides is 2. The van der Waals surface area contributed by atoms with E-state index >= 15 is 0 Å². The largest absolute Gasteiger partial charge is 0.368 e. The zero-order valence-corrected chi connectivity index (χ0v) is 19.1. The third-order valence-corrected chi connectivity index (χ3v) is 7.16. The maximum atomic E-state index is 13.7. The molecule has 1 aromatic heterocycles. The molecule has 6 nitrogen and oxygen atoms in total. The van der Waals surface area contributed by atoms with Crippen LogP contribution in [0.15, 0.2) is 79.3 Å². The summed E-state index contributed by atoms with van der Waals surface area (Å²) in [4.78, 5) is 37.4. The maximum Gasteiger partial charge on any atom is 0.244 e. The van der Waals surface area contributed by atoms with Gasteiger partial charge in [-0.2, -0.15) is 0 Å². The molecule has 2 N–H and O–H groups in total. The molecule has 0 radical (unpaired) electrons. The summed E-state index contributed by atoms with van der Waals surface area (Å²) in [6.07, 6.45) is 5.80. The van der Waals surface area contributed by atoms with Crippen LogP contribution in [-0.4, -0.2) is 38.8 Å². The molecule has 2 amide bonds. The van der Waals surface area contributed by atoms with Gasteiger partial charge in [0, 0.05) is 37.0 Å². The lowest BCUT2D eigenvalue weighted by Gasteiger charge is -2.50. The van der Waals surface area contributed by atoms with E-state index in [0.717, 1.165) is 11.1 Å². The lowest BCUT2D eigenvalue weighted by Crippen LogP contribution is -2.68. The first kappa shape index (κ1) is 22.6. The summed E-state index contributed by atoms with van der Waals surface area (Å²) < 4.78 is 0. The van der Waals surface area contributed by atoms with Gasteiger partial charge < -0.3 is 10.6 Å². The standard InChI is InChI=1S/C27H30N4O2/c1-20(2)26(22-11-7-4-8-12-22)13-16-31(24(32)17-23-19-29-14-15-30-23)27(26,25(28)33)18-21-9-5-3-6-10-21/h3-12,14-15,19-20H,13,16-18H2,1-2H3,(H2,28,33). The maximum absolute atomic E-state index is 13.7. The Morgan fingerprint density at radius 1 is 1.03 bits per heavy atom. The van der Waals surface area contributed by atoms with E-state index in [4.69, 9.17) is 5.73 Å². The summed E-state index contributed by atoms with van der Waals surface area (Å²) in [7, 11) is 0. The minimum absolute atomic E-state index is 0.0606. The van der Waals surface area contributed by atoms with Gasteiger partial charge in [-0.15, -0.1) is 0 Å². The molecule has 2 unspecified atom stereocenters. The summed E-state index contributed by atoms with van der Waals surface area (Å²) in [6, 6.07) is 19.9. The molecule has 1 saturated heterocycles. The number of nitrogens with zero attached hydrogens (tertiary/aromatic N) is 3. The van der Waals surface area contributed by atoms with Crippen molar-refractivity contribution >= 4 is 11.8 Å². The first-order chi connectivity index (χ1) is 15.9. The Labute approximate surface area is 194 Å². The van der Waals surface area contributed by atoms with Crippen LogP contribution in [0.25, 0.3) is 0 Å². The van der Waals surface area contributed by atoms with Crippen LogP contribution < -0.4 is 5.73 Å². The Morgan fingerprint density at radius 2 is 1.70 bits per heavy atom. The van der Waals surface area contributed by atoms with E-state index in [1.54, 1.807) is 23.5 Å². The molecule has 3 aromatic rings. The molecule has 0 bridgehead atoms. The topological polar surface area (TPSA) is 89.2 Å². The molecule has 1 fully saturated rings. The number of benzene rings is 2. The van der Waals surface area contributed by atoms with Crippen molar-refractivity contribution in [3.8, 4) is 0 Å². The van der Waals surface area contributed by atoms with Gasteiger partial charge in [0.15, 0.2) is 0 Å². The van der Waals surface area contributed by atoms with Gasteiger partial charge in [-0.25, -0.2) is 0 Å². The van der Waals surface area contributed by atoms with E-state index < -0.39 is 16.9 Å². The van der Waals surface area contributed by atoms with Crippen LogP contribution in [0, 0.1) is 5.92 Å². The Bertz CT molecular complexity index is 1100. The quantitative estimate of drug-likeness (QED) is 0.608. The molecule has 2 atom stereocenters. The second-order valence-corrected chi connectivity index (χ2v) is 9.05. The van der Waals surface area contributed by atoms with Gasteiger partial charge in [0.2, 0.25) is 11.8 Å². The Kier molecular flexibility index (Phi) is 6.27. The molecule has 2 aromatic carbocycles. The Balaban J connectivity index is 1.89. The highest BCUT2D eigenvalue weighted by atomic mass is 16.2. The number of nitrogens with two attached hydrogens (primary N) is 1. The fraction of sp³-hybridized carbons (Fsp3) is 0.333. The smallest absolute Gasteiger partial charge is 0.244 e. The number of carbonyl (C=O) groups is 2. The second-order valence-electron chi connectivity index (χ2n) is 9.05. The van der Waals surface area contributed by atoms with Crippen LogP contribution in [-0.2, 0) is 27.8 Å². The number of hydrogen-bond donors (Lipinski definition) is 1. The molecule has 4 rings (SSSR count). The van der Waals surface area contributed by atoms with Crippen molar-refractivity contribution in [3.63, 3.8) is 0 Å². The third-order valence-electron chi connectivity index (χ3n) is 7.16. The number of rotatable bonds is 7. The molecule has 2 heterocycles. The molecular formula is C27H30N4O2. The molecule has 170 valence electrons. The highest BCUT2D eigenvalue weighted by Gasteiger charge is 2.65. The van der Waals surface area contributed by atoms with Gasteiger partial charge in [0.05, 0.1) is 12.1 Å². The van der Waals surface area contributed by atoms with Crippen LogP contribution in [0.5, 0.6) is 0 Å². The molecule has 0 spiro atoms. The van der Waals surface area contributed by atoms with Crippen LogP contribution in [0.2, 0.25) is 0 Å². The van der Waals surface area contributed by atoms with E-state index in [1.165, 1.54) is 0 Å². The molecule has 0 saturated carbocycles. The minimum atomic E-state index is -1.22. The summed E-state index contributed by atoms with van der Waals surface area (Å²) in [5.41, 5.74) is 7.01. The molecular weight excluding hydrogens is 412 g/mol. The van der Waals surface area contributed by atoms with Gasteiger partial charge in [-0.3, -0.25) is 19.6 Å². The van der Waals surface area contributed by atoms with Crippen LogP contribution >= 0.6 is 0 Å². The summed E-state index contributed by atoms with van der Waals surface area (Å²) in [5, 5.41) is 0. The number of carbonyl (C=O) groups excluding carboxylic acids is 2. The second kappa shape index (κ2) is 9.14. The zero-order chi connectivity index (χ0) is 23.5. The molecule has 6 heteroatoms. The van der Waals surface area contributed by atoms with E-state index in [-0.39, 0.29) is 18.2 Å². The van der Waals surface area contributed by atoms with Crippen molar-refractivity contribution in [3.05, 3.63) is 96.1 Å². The van der Waals surface area contributed by atoms with Crippen LogP contribution in [0.3, 0.4) is 0 Å². The molecule has 1 aliphatic heterocycles. The predicted molar refractivity (Wildman–Crippen MR) is 127 cm³/mol. The monoisotopic (exact) mass is 442 g/mol. The van der Waals surface area contributed by atoms with E-state index in [9.17, 15) is 9.59 Å². The van der Waals surface area contributed by atoms with Gasteiger partial charge in [0.25, 0.3) is 0 Å². The first-order valence-electron chi connectivity index (χ1n) is 11.4. The number of aromatic nitrogens is 2. The first-order valence-corrected chi connectivity index (χ1v) is 11.4. The molecule has 33 heavy (non-hydrogen) atoms. The van der Waals surface area contributed by atoms with Crippen LogP contribution in [0.1, 0.15) is 37.1 Å². The number of primary amides is 1. The van der Waals surface area contributed by atoms with Gasteiger partial charge in [-0.05, 0) is 23.5 Å². The lowest BCUT2D eigenvalue weighted by molar-refractivity contribution is -0.147. The van der Waals surface area contributed by atoms with Crippen molar-refractivity contribution < 1.29 is 9.59 Å². The Morgan fingerprint density at radius 3 is 2.27 bits per heavy atom. The fourth-order valence-corrected chi connectivity index (χ4v) is 5.74. The number of hydrogen-bond acceptors (Lipinski definition) is 4. The summed E-state index contributed by atoms with van der Waals surface area (Å²) in [6.45, 7) is 4.68. The van der Waals surface area contributed by atoms with Crippen molar-refractivity contribution in [1.82, 2.24) is 14.9 Å². The fourth-order valence-electron chi connectivity index (χ4n) is 5.74. The third kappa shape index (κ3) is 3.80. The van der Waals surface area contributed by atoms with Crippen molar-refractivity contribution in [2.45, 2.75) is 44.1 Å². The SMILES string of the molecule is CC(C)C1(c2ccccc2)CCN(C(=O)Cc2cnccn2)C1(Cc1ccccc1)C(N)=O. The van der Waals surface area contributed by atoms with E-state index in [0.29, 0.717) is 25.1 Å². The minimum Gasteiger partial charge on any atom is -0.368 e. The van der Waals surface area contributed by atoms with Crippen molar-refractivity contribution in [1.29, 1.82) is 0 Å². The normalized spacial score (nSPS) is 22.5. The van der Waals surface area contributed by atoms with Crippen LogP contribution in [0.4, 0.5) is 0 Å². The zero-order valence-electron chi connectivity index (χ0n) is 19.1. The molecule has 1 aliphatic rings. The van der Waals surface area contributed by atoms with Crippen molar-refractivity contribution in [2.24, 2.45) is 11.7 Å². The van der Waals surface area contributed by atoms with Gasteiger partial charge in [-0.1, -0.05) is 74.5 Å². The molecule has 0 aliphatic carbocycles. The average Bonchev–Trinajstić information content (AvgIpc) is 3.18. The average molecular weight is 443 g/mol.